The van der Waals surface area contributed by atoms with Crippen molar-refractivity contribution in [3.05, 3.63) is 21.9 Å². The topological polar surface area (TPSA) is 47.6 Å². The molecule has 1 aliphatic heterocycles. The van der Waals surface area contributed by atoms with Gasteiger partial charge < -0.3 is 14.8 Å². The van der Waals surface area contributed by atoms with Crippen LogP contribution in [-0.2, 0) is 9.47 Å². The maximum Gasteiger partial charge on any atom is 0.261 e. The highest BCUT2D eigenvalue weighted by Gasteiger charge is 2.34. The fraction of sp³-hybridized carbons (Fsp3) is 0.643. The van der Waals surface area contributed by atoms with Crippen molar-refractivity contribution < 1.29 is 14.3 Å². The van der Waals surface area contributed by atoms with Crippen molar-refractivity contribution in [1.82, 2.24) is 5.32 Å². The van der Waals surface area contributed by atoms with E-state index in [1.165, 1.54) is 11.3 Å². The third-order valence-corrected chi connectivity index (χ3v) is 4.78. The first-order valence-electron chi connectivity index (χ1n) is 6.83. The molecule has 4 nitrogen and oxygen atoms in total. The Kier molecular flexibility index (Phi) is 3.86. The zero-order valence-electron chi connectivity index (χ0n) is 11.1. The standard InChI is InChI=1S/C14H19NO3S/c1-9-2-5-13(19-9)14(16)15-10-3-4-11-12(8-10)18-7-6-17-11/h2,5,10-12H,3-4,6-8H2,1H3,(H,15,16)/t10-,11-,12+/m1/s1. The Hall–Kier alpha value is -0.910. The summed E-state index contributed by atoms with van der Waals surface area (Å²) >= 11 is 1.54. The second-order valence-corrected chi connectivity index (χ2v) is 6.50. The summed E-state index contributed by atoms with van der Waals surface area (Å²) in [6.45, 7) is 3.39. The van der Waals surface area contributed by atoms with Crippen molar-refractivity contribution in [2.45, 2.75) is 44.4 Å². The highest BCUT2D eigenvalue weighted by molar-refractivity contribution is 7.13. The van der Waals surface area contributed by atoms with Crippen molar-refractivity contribution in [3.63, 3.8) is 0 Å². The van der Waals surface area contributed by atoms with Crippen LogP contribution in [0.4, 0.5) is 0 Å². The number of thiophene rings is 1. The molecule has 5 heteroatoms. The van der Waals surface area contributed by atoms with Gasteiger partial charge in [0.25, 0.3) is 5.91 Å². The van der Waals surface area contributed by atoms with Gasteiger partial charge in [0, 0.05) is 10.9 Å². The first-order valence-corrected chi connectivity index (χ1v) is 7.64. The van der Waals surface area contributed by atoms with Crippen LogP contribution in [0.5, 0.6) is 0 Å². The second kappa shape index (κ2) is 5.61. The number of hydrogen-bond acceptors (Lipinski definition) is 4. The van der Waals surface area contributed by atoms with Crippen LogP contribution in [0.15, 0.2) is 12.1 Å². The van der Waals surface area contributed by atoms with Crippen molar-refractivity contribution >= 4 is 17.2 Å². The summed E-state index contributed by atoms with van der Waals surface area (Å²) in [5.74, 6) is 0.0401. The Morgan fingerprint density at radius 1 is 1.26 bits per heavy atom. The monoisotopic (exact) mass is 281 g/mol. The van der Waals surface area contributed by atoms with E-state index in [9.17, 15) is 4.79 Å². The van der Waals surface area contributed by atoms with Gasteiger partial charge in [-0.15, -0.1) is 11.3 Å². The van der Waals surface area contributed by atoms with Gasteiger partial charge in [-0.05, 0) is 38.3 Å². The van der Waals surface area contributed by atoms with E-state index in [1.54, 1.807) is 0 Å². The number of fused-ring (bicyclic) bond motifs is 1. The smallest absolute Gasteiger partial charge is 0.261 e. The van der Waals surface area contributed by atoms with Crippen LogP contribution >= 0.6 is 11.3 Å². The van der Waals surface area contributed by atoms with Crippen LogP contribution in [0.1, 0.15) is 33.8 Å². The van der Waals surface area contributed by atoms with E-state index < -0.39 is 0 Å². The van der Waals surface area contributed by atoms with Crippen LogP contribution in [-0.4, -0.2) is 37.4 Å². The lowest BCUT2D eigenvalue weighted by Crippen LogP contribution is -2.49. The van der Waals surface area contributed by atoms with E-state index in [1.807, 2.05) is 19.1 Å². The molecule has 0 aromatic carbocycles. The number of hydrogen-bond donors (Lipinski definition) is 1. The molecule has 0 radical (unpaired) electrons. The summed E-state index contributed by atoms with van der Waals surface area (Å²) in [4.78, 5) is 14.1. The van der Waals surface area contributed by atoms with Gasteiger partial charge in [0.15, 0.2) is 0 Å². The minimum absolute atomic E-state index is 0.0401. The molecule has 1 aromatic rings. The molecule has 0 bridgehead atoms. The summed E-state index contributed by atoms with van der Waals surface area (Å²) in [7, 11) is 0. The van der Waals surface area contributed by atoms with Gasteiger partial charge in [-0.2, -0.15) is 0 Å². The lowest BCUT2D eigenvalue weighted by atomic mass is 9.89. The van der Waals surface area contributed by atoms with E-state index in [0.29, 0.717) is 13.2 Å². The molecular formula is C14H19NO3S. The largest absolute Gasteiger partial charge is 0.373 e. The molecular weight excluding hydrogens is 262 g/mol. The maximum absolute atomic E-state index is 12.1. The van der Waals surface area contributed by atoms with Gasteiger partial charge in [-0.1, -0.05) is 0 Å². The van der Waals surface area contributed by atoms with Gasteiger partial charge in [-0.25, -0.2) is 0 Å². The number of rotatable bonds is 2. The third kappa shape index (κ3) is 2.99. The van der Waals surface area contributed by atoms with Crippen LogP contribution in [0.3, 0.4) is 0 Å². The molecule has 1 aliphatic carbocycles. The van der Waals surface area contributed by atoms with Crippen molar-refractivity contribution in [3.8, 4) is 0 Å². The quantitative estimate of drug-likeness (QED) is 0.903. The van der Waals surface area contributed by atoms with Crippen molar-refractivity contribution in [1.29, 1.82) is 0 Å². The molecule has 2 aliphatic rings. The molecule has 1 aromatic heterocycles. The Balaban J connectivity index is 1.57. The summed E-state index contributed by atoms with van der Waals surface area (Å²) in [6, 6.07) is 4.08. The predicted octanol–water partition coefficient (Wildman–Crippen LogP) is 2.12. The lowest BCUT2D eigenvalue weighted by Gasteiger charge is -2.39. The Bertz CT molecular complexity index is 459. The first kappa shape index (κ1) is 13.1. The van der Waals surface area contributed by atoms with Crippen LogP contribution < -0.4 is 5.32 Å². The van der Waals surface area contributed by atoms with E-state index in [4.69, 9.17) is 9.47 Å². The molecule has 104 valence electrons. The lowest BCUT2D eigenvalue weighted by molar-refractivity contribution is -0.157. The average molecular weight is 281 g/mol. The van der Waals surface area contributed by atoms with Gasteiger partial charge in [0.05, 0.1) is 30.3 Å². The van der Waals surface area contributed by atoms with Crippen LogP contribution in [0.2, 0.25) is 0 Å². The summed E-state index contributed by atoms with van der Waals surface area (Å²) in [5, 5.41) is 3.12. The molecule has 3 atom stereocenters. The molecule has 1 amide bonds. The second-order valence-electron chi connectivity index (χ2n) is 5.21. The van der Waals surface area contributed by atoms with Crippen LogP contribution in [0.25, 0.3) is 0 Å². The van der Waals surface area contributed by atoms with E-state index in [0.717, 1.165) is 29.0 Å². The molecule has 3 rings (SSSR count). The Morgan fingerprint density at radius 2 is 2.05 bits per heavy atom. The highest BCUT2D eigenvalue weighted by Crippen LogP contribution is 2.27. The molecule has 19 heavy (non-hydrogen) atoms. The zero-order valence-corrected chi connectivity index (χ0v) is 11.9. The van der Waals surface area contributed by atoms with E-state index in [-0.39, 0.29) is 24.2 Å². The SMILES string of the molecule is Cc1ccc(C(=O)N[C@@H]2CC[C@H]3OCCO[C@H]3C2)s1. The Labute approximate surface area is 117 Å². The van der Waals surface area contributed by atoms with E-state index in [2.05, 4.69) is 5.32 Å². The molecule has 1 saturated carbocycles. The minimum atomic E-state index is 0.0401. The van der Waals surface area contributed by atoms with E-state index >= 15 is 0 Å². The maximum atomic E-state index is 12.1. The van der Waals surface area contributed by atoms with Gasteiger partial charge in [0.1, 0.15) is 0 Å². The van der Waals surface area contributed by atoms with Crippen molar-refractivity contribution in [2.24, 2.45) is 0 Å². The number of ether oxygens (including phenoxy) is 2. The third-order valence-electron chi connectivity index (χ3n) is 3.78. The summed E-state index contributed by atoms with van der Waals surface area (Å²) in [6.07, 6.45) is 3.18. The van der Waals surface area contributed by atoms with Gasteiger partial charge >= 0.3 is 0 Å². The Morgan fingerprint density at radius 3 is 2.79 bits per heavy atom. The minimum Gasteiger partial charge on any atom is -0.373 e. The van der Waals surface area contributed by atoms with Gasteiger partial charge in [-0.3, -0.25) is 4.79 Å². The predicted molar refractivity (Wildman–Crippen MR) is 73.6 cm³/mol. The number of amides is 1. The fourth-order valence-electron chi connectivity index (χ4n) is 2.81. The fourth-order valence-corrected chi connectivity index (χ4v) is 3.58. The molecule has 0 unspecified atom stereocenters. The average Bonchev–Trinajstić information content (AvgIpc) is 2.85. The number of carbonyl (C=O) groups excluding carboxylic acids is 1. The summed E-state index contributed by atoms with van der Waals surface area (Å²) in [5.41, 5.74) is 0. The zero-order chi connectivity index (χ0) is 13.2. The van der Waals surface area contributed by atoms with Crippen LogP contribution in [0, 0.1) is 6.92 Å². The number of carbonyl (C=O) groups is 1. The molecule has 0 spiro atoms. The molecule has 1 saturated heterocycles. The molecule has 2 heterocycles. The molecule has 2 fully saturated rings. The number of aryl methyl sites for hydroxylation is 1. The summed E-state index contributed by atoms with van der Waals surface area (Å²) < 4.78 is 11.4. The first-order chi connectivity index (χ1) is 9.22. The highest BCUT2D eigenvalue weighted by atomic mass is 32.1. The normalized spacial score (nSPS) is 30.7. The van der Waals surface area contributed by atoms with Gasteiger partial charge in [0.2, 0.25) is 0 Å². The van der Waals surface area contributed by atoms with Crippen molar-refractivity contribution in [2.75, 3.05) is 13.2 Å². The molecule has 1 N–H and O–H groups in total. The number of nitrogens with one attached hydrogen (secondary N) is 1.